The molecular formula is C26H30N6O4S. The third kappa shape index (κ3) is 3.47. The third-order valence-corrected chi connectivity index (χ3v) is 9.92. The SMILES string of the molecule is CN1CC=C[C@@]2(C)S[C@]34C=CCN(Cn5nnc6ccccc65)C(=O)C3N(CCCO)C(=O)[C@@H]4[C@H]2C1=O. The fourth-order valence-corrected chi connectivity index (χ4v) is 8.64. The Balaban J connectivity index is 1.42. The van der Waals surface area contributed by atoms with Crippen LogP contribution in [0, 0.1) is 11.8 Å². The smallest absolute Gasteiger partial charge is 0.248 e. The minimum Gasteiger partial charge on any atom is -0.396 e. The number of aliphatic hydroxyl groups is 1. The number of hydrogen-bond donors (Lipinski definition) is 1. The van der Waals surface area contributed by atoms with Crippen LogP contribution in [0.1, 0.15) is 13.3 Å². The van der Waals surface area contributed by atoms with Crippen molar-refractivity contribution in [1.29, 1.82) is 0 Å². The number of amides is 3. The maximum absolute atomic E-state index is 14.3. The standard InChI is InChI=1S/C26H30N6O4S/c1-25-10-5-12-29(2)22(34)19(25)20-23(35)31(14-7-15-33)21-24(36)30(13-6-11-26(20,21)37-25)16-32-18-9-4-3-8-17(18)27-28-32/h3-6,8-11,19-21,33H,7,12-16H2,1-2H3/t19-,20-,21?,25+,26-/m0/s1. The molecule has 4 aliphatic heterocycles. The fourth-order valence-electron chi connectivity index (χ4n) is 6.48. The van der Waals surface area contributed by atoms with E-state index in [1.807, 2.05) is 55.5 Å². The maximum Gasteiger partial charge on any atom is 0.248 e. The topological polar surface area (TPSA) is 112 Å². The number of likely N-dealkylation sites (tertiary alicyclic amines) is 1. The van der Waals surface area contributed by atoms with Crippen LogP contribution >= 0.6 is 11.8 Å². The van der Waals surface area contributed by atoms with Gasteiger partial charge in [0.1, 0.15) is 18.2 Å². The molecule has 2 aromatic rings. The Morgan fingerprint density at radius 2 is 1.84 bits per heavy atom. The molecule has 6 rings (SSSR count). The summed E-state index contributed by atoms with van der Waals surface area (Å²) >= 11 is 1.56. The maximum atomic E-state index is 14.3. The highest BCUT2D eigenvalue weighted by atomic mass is 32.2. The van der Waals surface area contributed by atoms with Gasteiger partial charge in [-0.05, 0) is 25.5 Å². The van der Waals surface area contributed by atoms with Crippen molar-refractivity contribution in [2.24, 2.45) is 11.8 Å². The number of aromatic nitrogens is 3. The molecule has 1 aromatic heterocycles. The number of carbonyl (C=O) groups excluding carboxylic acids is 3. The van der Waals surface area contributed by atoms with E-state index in [0.717, 1.165) is 11.0 Å². The minimum absolute atomic E-state index is 0.0750. The molecule has 0 aliphatic carbocycles. The molecule has 0 bridgehead atoms. The number of aliphatic hydroxyl groups excluding tert-OH is 1. The predicted octanol–water partition coefficient (Wildman–Crippen LogP) is 0.885. The summed E-state index contributed by atoms with van der Waals surface area (Å²) in [6.07, 6.45) is 8.34. The first-order valence-electron chi connectivity index (χ1n) is 12.6. The van der Waals surface area contributed by atoms with Gasteiger partial charge < -0.3 is 19.8 Å². The van der Waals surface area contributed by atoms with E-state index in [2.05, 4.69) is 10.3 Å². The van der Waals surface area contributed by atoms with E-state index in [1.54, 1.807) is 38.2 Å². The highest BCUT2D eigenvalue weighted by Crippen LogP contribution is 2.65. The quantitative estimate of drug-likeness (QED) is 0.581. The lowest BCUT2D eigenvalue weighted by molar-refractivity contribution is -0.145. The third-order valence-electron chi connectivity index (χ3n) is 8.12. The van der Waals surface area contributed by atoms with E-state index in [4.69, 9.17) is 0 Å². The summed E-state index contributed by atoms with van der Waals surface area (Å²) in [4.78, 5) is 47.0. The first-order chi connectivity index (χ1) is 17.8. The van der Waals surface area contributed by atoms with Crippen molar-refractivity contribution < 1.29 is 19.5 Å². The second kappa shape index (κ2) is 8.70. The molecule has 37 heavy (non-hydrogen) atoms. The molecule has 0 saturated carbocycles. The summed E-state index contributed by atoms with van der Waals surface area (Å²) in [5, 5.41) is 18.0. The zero-order valence-electron chi connectivity index (χ0n) is 20.9. The van der Waals surface area contributed by atoms with E-state index >= 15 is 0 Å². The van der Waals surface area contributed by atoms with E-state index < -0.39 is 27.4 Å². The number of rotatable bonds is 5. The Kier molecular flexibility index (Phi) is 5.68. The van der Waals surface area contributed by atoms with Gasteiger partial charge in [-0.15, -0.1) is 16.9 Å². The van der Waals surface area contributed by atoms with Crippen LogP contribution in [0.3, 0.4) is 0 Å². The number of thioether (sulfide) groups is 1. The molecule has 0 radical (unpaired) electrons. The van der Waals surface area contributed by atoms with Crippen molar-refractivity contribution >= 4 is 40.5 Å². The van der Waals surface area contributed by atoms with Crippen molar-refractivity contribution in [3.8, 4) is 0 Å². The van der Waals surface area contributed by atoms with Gasteiger partial charge >= 0.3 is 0 Å². The molecule has 5 atom stereocenters. The second-order valence-electron chi connectivity index (χ2n) is 10.4. The second-order valence-corrected chi connectivity index (χ2v) is 12.2. The van der Waals surface area contributed by atoms with Crippen LogP contribution in [-0.2, 0) is 21.1 Å². The average Bonchev–Trinajstić information content (AvgIpc) is 3.41. The Morgan fingerprint density at radius 3 is 2.65 bits per heavy atom. The Morgan fingerprint density at radius 1 is 1.05 bits per heavy atom. The van der Waals surface area contributed by atoms with Crippen LogP contribution in [0.15, 0.2) is 48.6 Å². The number of hydrogen-bond acceptors (Lipinski definition) is 7. The van der Waals surface area contributed by atoms with Gasteiger partial charge in [0, 0.05) is 38.0 Å². The molecule has 2 saturated heterocycles. The molecule has 1 aromatic carbocycles. The van der Waals surface area contributed by atoms with Crippen LogP contribution in [0.4, 0.5) is 0 Å². The van der Waals surface area contributed by atoms with Gasteiger partial charge in [0.05, 0.1) is 22.1 Å². The average molecular weight is 523 g/mol. The van der Waals surface area contributed by atoms with Gasteiger partial charge in [-0.1, -0.05) is 41.7 Å². The fraction of sp³-hybridized carbons (Fsp3) is 0.500. The number of para-hydroxylation sites is 1. The summed E-state index contributed by atoms with van der Waals surface area (Å²) < 4.78 is 0.186. The Hall–Kier alpha value is -3.18. The highest BCUT2D eigenvalue weighted by molar-refractivity contribution is 8.02. The van der Waals surface area contributed by atoms with E-state index in [9.17, 15) is 19.5 Å². The lowest BCUT2D eigenvalue weighted by Crippen LogP contribution is -2.53. The summed E-state index contributed by atoms with van der Waals surface area (Å²) in [6.45, 7) is 3.20. The lowest BCUT2D eigenvalue weighted by atomic mass is 9.74. The van der Waals surface area contributed by atoms with Crippen molar-refractivity contribution in [2.75, 3.05) is 33.3 Å². The number of benzene rings is 1. The molecular weight excluding hydrogens is 492 g/mol. The van der Waals surface area contributed by atoms with Gasteiger partial charge in [0.25, 0.3) is 0 Å². The first kappa shape index (κ1) is 24.2. The van der Waals surface area contributed by atoms with Gasteiger partial charge in [-0.2, -0.15) is 0 Å². The molecule has 11 heteroatoms. The van der Waals surface area contributed by atoms with Crippen molar-refractivity contribution in [1.82, 2.24) is 29.7 Å². The summed E-state index contributed by atoms with van der Waals surface area (Å²) in [7, 11) is 1.76. The van der Waals surface area contributed by atoms with Crippen LogP contribution < -0.4 is 0 Å². The molecule has 1 N–H and O–H groups in total. The number of fused-ring (bicyclic) bond motifs is 3. The predicted molar refractivity (Wildman–Crippen MR) is 138 cm³/mol. The highest BCUT2D eigenvalue weighted by Gasteiger charge is 2.73. The van der Waals surface area contributed by atoms with Crippen molar-refractivity contribution in [3.05, 3.63) is 48.6 Å². The van der Waals surface area contributed by atoms with Crippen LogP contribution in [0.25, 0.3) is 11.0 Å². The monoisotopic (exact) mass is 522 g/mol. The van der Waals surface area contributed by atoms with Gasteiger partial charge in [-0.3, -0.25) is 14.4 Å². The van der Waals surface area contributed by atoms with E-state index in [-0.39, 0.29) is 37.5 Å². The molecule has 1 unspecified atom stereocenters. The normalized spacial score (nSPS) is 33.1. The molecule has 4 aliphatic rings. The Labute approximate surface area is 218 Å². The van der Waals surface area contributed by atoms with E-state index in [1.165, 1.54) is 0 Å². The minimum atomic E-state index is -0.888. The molecule has 2 fully saturated rings. The van der Waals surface area contributed by atoms with Crippen LogP contribution in [-0.4, -0.2) is 101 Å². The van der Waals surface area contributed by atoms with Gasteiger partial charge in [0.2, 0.25) is 17.7 Å². The summed E-state index contributed by atoms with van der Waals surface area (Å²) in [5.74, 6) is -1.71. The largest absolute Gasteiger partial charge is 0.396 e. The summed E-state index contributed by atoms with van der Waals surface area (Å²) in [6, 6.07) is 6.79. The van der Waals surface area contributed by atoms with Gasteiger partial charge in [0.15, 0.2) is 0 Å². The molecule has 10 nitrogen and oxygen atoms in total. The summed E-state index contributed by atoms with van der Waals surface area (Å²) in [5.41, 5.74) is 1.56. The zero-order valence-corrected chi connectivity index (χ0v) is 21.7. The lowest BCUT2D eigenvalue weighted by Gasteiger charge is -2.36. The van der Waals surface area contributed by atoms with Crippen LogP contribution in [0.2, 0.25) is 0 Å². The number of carbonyl (C=O) groups is 3. The van der Waals surface area contributed by atoms with Gasteiger partial charge in [-0.25, -0.2) is 4.68 Å². The zero-order chi connectivity index (χ0) is 25.9. The number of nitrogens with zero attached hydrogens (tertiary/aromatic N) is 6. The molecule has 194 valence electrons. The number of likely N-dealkylation sites (N-methyl/N-ethyl adjacent to an activating group) is 1. The van der Waals surface area contributed by atoms with Crippen LogP contribution in [0.5, 0.6) is 0 Å². The van der Waals surface area contributed by atoms with Crippen molar-refractivity contribution in [3.63, 3.8) is 0 Å². The molecule has 5 heterocycles. The first-order valence-corrected chi connectivity index (χ1v) is 13.4. The molecule has 1 spiro atoms. The Bertz CT molecular complexity index is 1340. The van der Waals surface area contributed by atoms with E-state index in [0.29, 0.717) is 19.5 Å². The van der Waals surface area contributed by atoms with Crippen molar-refractivity contribution in [2.45, 2.75) is 35.5 Å². The molecule has 3 amide bonds.